The fourth-order valence-corrected chi connectivity index (χ4v) is 3.36. The first-order chi connectivity index (χ1) is 12.0. The van der Waals surface area contributed by atoms with Gasteiger partial charge < -0.3 is 10.2 Å². The van der Waals surface area contributed by atoms with Crippen LogP contribution in [-0.4, -0.2) is 60.9 Å². The molecule has 0 saturated carbocycles. The SMILES string of the molecule is CCCCCNC(=O)CN1CCN(C(=O)c2cc(Cl)cc(Cl)c2)CC1. The van der Waals surface area contributed by atoms with Crippen LogP contribution in [-0.2, 0) is 4.79 Å². The van der Waals surface area contributed by atoms with Crippen LogP contribution < -0.4 is 5.32 Å². The monoisotopic (exact) mass is 385 g/mol. The standard InChI is InChI=1S/C18H25Cl2N3O2/c1-2-3-4-5-21-17(24)13-22-6-8-23(9-7-22)18(25)14-10-15(19)12-16(20)11-14/h10-12H,2-9,13H2,1H3,(H,21,24). The van der Waals surface area contributed by atoms with Gasteiger partial charge in [0.2, 0.25) is 5.91 Å². The fraction of sp³-hybridized carbons (Fsp3) is 0.556. The van der Waals surface area contributed by atoms with Gasteiger partial charge in [-0.05, 0) is 24.6 Å². The quantitative estimate of drug-likeness (QED) is 0.733. The van der Waals surface area contributed by atoms with Crippen molar-refractivity contribution in [2.75, 3.05) is 39.3 Å². The number of nitrogens with one attached hydrogen (secondary N) is 1. The molecule has 0 aromatic heterocycles. The number of hydrogen-bond donors (Lipinski definition) is 1. The van der Waals surface area contributed by atoms with Gasteiger partial charge in [-0.25, -0.2) is 0 Å². The van der Waals surface area contributed by atoms with E-state index in [2.05, 4.69) is 17.1 Å². The van der Waals surface area contributed by atoms with Crippen LogP contribution in [0.25, 0.3) is 0 Å². The highest BCUT2D eigenvalue weighted by atomic mass is 35.5. The number of carbonyl (C=O) groups is 2. The van der Waals surface area contributed by atoms with Gasteiger partial charge in [-0.1, -0.05) is 43.0 Å². The maximum Gasteiger partial charge on any atom is 0.254 e. The molecular weight excluding hydrogens is 361 g/mol. The van der Waals surface area contributed by atoms with Gasteiger partial charge in [0.05, 0.1) is 6.54 Å². The summed E-state index contributed by atoms with van der Waals surface area (Å²) in [6.45, 7) is 5.81. The largest absolute Gasteiger partial charge is 0.355 e. The lowest BCUT2D eigenvalue weighted by atomic mass is 10.2. The van der Waals surface area contributed by atoms with Crippen molar-refractivity contribution in [1.29, 1.82) is 0 Å². The van der Waals surface area contributed by atoms with Crippen LogP contribution in [0.15, 0.2) is 18.2 Å². The molecule has 0 radical (unpaired) electrons. The summed E-state index contributed by atoms with van der Waals surface area (Å²) in [5.41, 5.74) is 0.500. The van der Waals surface area contributed by atoms with Crippen molar-refractivity contribution in [3.63, 3.8) is 0 Å². The van der Waals surface area contributed by atoms with Crippen molar-refractivity contribution < 1.29 is 9.59 Å². The van der Waals surface area contributed by atoms with Gasteiger partial charge in [0, 0.05) is 48.3 Å². The highest BCUT2D eigenvalue weighted by Crippen LogP contribution is 2.20. The molecule has 0 spiro atoms. The lowest BCUT2D eigenvalue weighted by Crippen LogP contribution is -2.51. The number of nitrogens with zero attached hydrogens (tertiary/aromatic N) is 2. The van der Waals surface area contributed by atoms with Crippen molar-refractivity contribution in [3.8, 4) is 0 Å². The van der Waals surface area contributed by atoms with E-state index in [9.17, 15) is 9.59 Å². The van der Waals surface area contributed by atoms with Crippen LogP contribution in [0, 0.1) is 0 Å². The van der Waals surface area contributed by atoms with Gasteiger partial charge in [0.25, 0.3) is 5.91 Å². The minimum absolute atomic E-state index is 0.0532. The van der Waals surface area contributed by atoms with E-state index < -0.39 is 0 Å². The Kier molecular flexibility index (Phi) is 8.00. The second-order valence-electron chi connectivity index (χ2n) is 6.28. The second kappa shape index (κ2) is 10.00. The Morgan fingerprint density at radius 1 is 1.04 bits per heavy atom. The molecule has 1 N–H and O–H groups in total. The lowest BCUT2D eigenvalue weighted by molar-refractivity contribution is -0.122. The highest BCUT2D eigenvalue weighted by Gasteiger charge is 2.23. The number of unbranched alkanes of at least 4 members (excludes halogenated alkanes) is 2. The number of carbonyl (C=O) groups excluding carboxylic acids is 2. The van der Waals surface area contributed by atoms with Crippen molar-refractivity contribution >= 4 is 35.0 Å². The highest BCUT2D eigenvalue weighted by molar-refractivity contribution is 6.35. The van der Waals surface area contributed by atoms with Gasteiger partial charge in [-0.3, -0.25) is 14.5 Å². The maximum atomic E-state index is 12.5. The van der Waals surface area contributed by atoms with E-state index in [0.717, 1.165) is 25.8 Å². The molecule has 1 aliphatic heterocycles. The summed E-state index contributed by atoms with van der Waals surface area (Å²) in [5, 5.41) is 3.85. The Labute approximate surface area is 159 Å². The molecule has 1 saturated heterocycles. The summed E-state index contributed by atoms with van der Waals surface area (Å²) in [4.78, 5) is 28.3. The molecule has 1 aliphatic rings. The normalized spacial score (nSPS) is 15.2. The van der Waals surface area contributed by atoms with E-state index in [4.69, 9.17) is 23.2 Å². The van der Waals surface area contributed by atoms with E-state index in [1.807, 2.05) is 0 Å². The van der Waals surface area contributed by atoms with Gasteiger partial charge in [0.1, 0.15) is 0 Å². The van der Waals surface area contributed by atoms with Gasteiger partial charge in [-0.2, -0.15) is 0 Å². The van der Waals surface area contributed by atoms with Crippen LogP contribution in [0.3, 0.4) is 0 Å². The van der Waals surface area contributed by atoms with Crippen LogP contribution in [0.1, 0.15) is 36.5 Å². The van der Waals surface area contributed by atoms with Crippen molar-refractivity contribution in [3.05, 3.63) is 33.8 Å². The number of hydrogen-bond acceptors (Lipinski definition) is 3. The summed E-state index contributed by atoms with van der Waals surface area (Å²) in [5.74, 6) is -0.0226. The number of amides is 2. The van der Waals surface area contributed by atoms with E-state index in [0.29, 0.717) is 48.3 Å². The first-order valence-electron chi connectivity index (χ1n) is 8.74. The summed E-state index contributed by atoms with van der Waals surface area (Å²) >= 11 is 11.9. The van der Waals surface area contributed by atoms with Gasteiger partial charge in [0.15, 0.2) is 0 Å². The number of piperazine rings is 1. The molecule has 1 aromatic rings. The van der Waals surface area contributed by atoms with Crippen molar-refractivity contribution in [2.45, 2.75) is 26.2 Å². The molecule has 7 heteroatoms. The molecule has 1 heterocycles. The third kappa shape index (κ3) is 6.49. The number of halogens is 2. The summed E-state index contributed by atoms with van der Waals surface area (Å²) in [6.07, 6.45) is 3.30. The average Bonchev–Trinajstić information content (AvgIpc) is 2.58. The Hall–Kier alpha value is -1.30. The van der Waals surface area contributed by atoms with E-state index in [1.54, 1.807) is 23.1 Å². The molecule has 138 valence electrons. The van der Waals surface area contributed by atoms with Gasteiger partial charge >= 0.3 is 0 Å². The molecule has 1 fully saturated rings. The molecule has 5 nitrogen and oxygen atoms in total. The molecule has 1 aromatic carbocycles. The third-order valence-corrected chi connectivity index (χ3v) is 4.68. The Bertz CT molecular complexity index is 582. The fourth-order valence-electron chi connectivity index (χ4n) is 2.83. The summed E-state index contributed by atoms with van der Waals surface area (Å²) < 4.78 is 0. The Balaban J connectivity index is 1.77. The molecule has 0 bridgehead atoms. The molecule has 25 heavy (non-hydrogen) atoms. The third-order valence-electron chi connectivity index (χ3n) is 4.24. The van der Waals surface area contributed by atoms with Crippen molar-refractivity contribution in [2.24, 2.45) is 0 Å². The minimum Gasteiger partial charge on any atom is -0.355 e. The summed E-state index contributed by atoms with van der Waals surface area (Å²) in [7, 11) is 0. The zero-order valence-corrected chi connectivity index (χ0v) is 16.1. The van der Waals surface area contributed by atoms with Crippen LogP contribution >= 0.6 is 23.2 Å². The maximum absolute atomic E-state index is 12.5. The summed E-state index contributed by atoms with van der Waals surface area (Å²) in [6, 6.07) is 4.87. The average molecular weight is 386 g/mol. The first-order valence-corrected chi connectivity index (χ1v) is 9.49. The molecule has 2 amide bonds. The van der Waals surface area contributed by atoms with Crippen molar-refractivity contribution in [1.82, 2.24) is 15.1 Å². The smallest absolute Gasteiger partial charge is 0.254 e. The topological polar surface area (TPSA) is 52.7 Å². The molecule has 0 unspecified atom stereocenters. The predicted octanol–water partition coefficient (Wildman–Crippen LogP) is 3.06. The Morgan fingerprint density at radius 2 is 1.68 bits per heavy atom. The van der Waals surface area contributed by atoms with Crippen LogP contribution in [0.5, 0.6) is 0 Å². The van der Waals surface area contributed by atoms with E-state index in [1.165, 1.54) is 0 Å². The molecular formula is C18H25Cl2N3O2. The first kappa shape index (κ1) is 20.0. The molecule has 2 rings (SSSR count). The zero-order chi connectivity index (χ0) is 18.2. The number of benzene rings is 1. The molecule has 0 aliphatic carbocycles. The Morgan fingerprint density at radius 3 is 2.28 bits per heavy atom. The van der Waals surface area contributed by atoms with Crippen LogP contribution in [0.2, 0.25) is 10.0 Å². The van der Waals surface area contributed by atoms with Crippen LogP contribution in [0.4, 0.5) is 0 Å². The number of rotatable bonds is 7. The lowest BCUT2D eigenvalue weighted by Gasteiger charge is -2.34. The van der Waals surface area contributed by atoms with Gasteiger partial charge in [-0.15, -0.1) is 0 Å². The van der Waals surface area contributed by atoms with E-state index in [-0.39, 0.29) is 11.8 Å². The zero-order valence-electron chi connectivity index (χ0n) is 14.6. The predicted molar refractivity (Wildman–Crippen MR) is 101 cm³/mol. The molecule has 0 atom stereocenters. The minimum atomic E-state index is -0.0759. The second-order valence-corrected chi connectivity index (χ2v) is 7.16. The van der Waals surface area contributed by atoms with E-state index >= 15 is 0 Å².